The first-order chi connectivity index (χ1) is 8.29. The highest BCUT2D eigenvalue weighted by molar-refractivity contribution is 5.98. The summed E-state index contributed by atoms with van der Waals surface area (Å²) >= 11 is 0. The highest BCUT2D eigenvalue weighted by atomic mass is 16.4. The lowest BCUT2D eigenvalue weighted by molar-refractivity contribution is 0.516. The van der Waals surface area contributed by atoms with E-state index in [4.69, 9.17) is 4.42 Å². The van der Waals surface area contributed by atoms with Gasteiger partial charge in [0.1, 0.15) is 11.5 Å². The van der Waals surface area contributed by atoms with Crippen LogP contribution in [-0.4, -0.2) is 17.2 Å². The first-order valence-electron chi connectivity index (χ1n) is 6.11. The van der Waals surface area contributed by atoms with Crippen LogP contribution in [-0.2, 0) is 0 Å². The van der Waals surface area contributed by atoms with E-state index in [1.54, 1.807) is 6.20 Å². The molecular weight excluding hydrogens is 212 g/mol. The summed E-state index contributed by atoms with van der Waals surface area (Å²) in [5.74, 6) is 1.49. The summed E-state index contributed by atoms with van der Waals surface area (Å²) in [6.07, 6.45) is 11.5. The maximum Gasteiger partial charge on any atom is 0.240 e. The molecule has 3 nitrogen and oxygen atoms in total. The Bertz CT molecular complexity index is 466. The largest absolute Gasteiger partial charge is 0.440 e. The Hall–Kier alpha value is -1.64. The van der Waals surface area contributed by atoms with Crippen LogP contribution >= 0.6 is 0 Å². The fraction of sp³-hybridized carbons (Fsp3) is 0.429. The third-order valence-corrected chi connectivity index (χ3v) is 2.66. The van der Waals surface area contributed by atoms with Gasteiger partial charge in [-0.2, -0.15) is 0 Å². The molecule has 3 heteroatoms. The lowest BCUT2D eigenvalue weighted by Crippen LogP contribution is -2.04. The molecule has 1 heterocycles. The molecule has 2 rings (SSSR count). The van der Waals surface area contributed by atoms with Gasteiger partial charge in [0, 0.05) is 13.0 Å². The zero-order valence-corrected chi connectivity index (χ0v) is 10.4. The molecule has 0 aliphatic heterocycles. The van der Waals surface area contributed by atoms with Gasteiger partial charge in [0.05, 0.1) is 6.20 Å². The van der Waals surface area contributed by atoms with E-state index in [1.807, 2.05) is 13.8 Å². The smallest absolute Gasteiger partial charge is 0.240 e. The van der Waals surface area contributed by atoms with Gasteiger partial charge in [-0.05, 0) is 32.3 Å². The topological polar surface area (TPSA) is 38.4 Å². The minimum atomic E-state index is 0.657. The Balaban J connectivity index is 2.16. The van der Waals surface area contributed by atoms with Gasteiger partial charge >= 0.3 is 0 Å². The SMILES string of the molecule is CCN=C(CC1=CCCC=C1)c1ncc(C)o1. The number of rotatable bonds is 4. The molecule has 0 fully saturated rings. The number of hydrogen-bond acceptors (Lipinski definition) is 3. The van der Waals surface area contributed by atoms with Crippen LogP contribution in [0.3, 0.4) is 0 Å². The van der Waals surface area contributed by atoms with Crippen molar-refractivity contribution in [3.8, 4) is 0 Å². The molecule has 0 saturated heterocycles. The molecule has 90 valence electrons. The Morgan fingerprint density at radius 3 is 2.94 bits per heavy atom. The summed E-state index contributed by atoms with van der Waals surface area (Å²) in [5, 5.41) is 0. The van der Waals surface area contributed by atoms with E-state index in [-0.39, 0.29) is 0 Å². The molecule has 0 amide bonds. The third kappa shape index (κ3) is 3.16. The fourth-order valence-corrected chi connectivity index (χ4v) is 1.87. The zero-order valence-electron chi connectivity index (χ0n) is 10.4. The van der Waals surface area contributed by atoms with Crippen molar-refractivity contribution in [2.75, 3.05) is 6.54 Å². The van der Waals surface area contributed by atoms with Crippen molar-refractivity contribution in [3.63, 3.8) is 0 Å². The van der Waals surface area contributed by atoms with Gasteiger partial charge in [-0.1, -0.05) is 18.2 Å². The summed E-state index contributed by atoms with van der Waals surface area (Å²) < 4.78 is 5.55. The van der Waals surface area contributed by atoms with E-state index >= 15 is 0 Å². The summed E-state index contributed by atoms with van der Waals surface area (Å²) in [6, 6.07) is 0. The Labute approximate surface area is 102 Å². The first-order valence-corrected chi connectivity index (χ1v) is 6.11. The molecule has 1 aromatic rings. The molecule has 0 unspecified atom stereocenters. The van der Waals surface area contributed by atoms with E-state index in [2.05, 4.69) is 28.2 Å². The number of aromatic nitrogens is 1. The van der Waals surface area contributed by atoms with Crippen molar-refractivity contribution >= 4 is 5.71 Å². The van der Waals surface area contributed by atoms with Crippen molar-refractivity contribution in [1.82, 2.24) is 4.98 Å². The molecule has 0 atom stereocenters. The van der Waals surface area contributed by atoms with Crippen LogP contribution in [0.1, 0.15) is 37.8 Å². The van der Waals surface area contributed by atoms with Gasteiger partial charge in [0.25, 0.3) is 0 Å². The van der Waals surface area contributed by atoms with E-state index in [0.717, 1.165) is 37.3 Å². The number of nitrogens with zero attached hydrogens (tertiary/aromatic N) is 2. The van der Waals surface area contributed by atoms with Crippen LogP contribution in [0, 0.1) is 6.92 Å². The molecule has 0 bridgehead atoms. The van der Waals surface area contributed by atoms with Gasteiger partial charge in [-0.15, -0.1) is 0 Å². The van der Waals surface area contributed by atoms with Crippen LogP contribution in [0.25, 0.3) is 0 Å². The lowest BCUT2D eigenvalue weighted by Gasteiger charge is -2.07. The van der Waals surface area contributed by atoms with Crippen LogP contribution in [0.4, 0.5) is 0 Å². The molecule has 0 aromatic carbocycles. The molecule has 0 saturated carbocycles. The monoisotopic (exact) mass is 230 g/mol. The quantitative estimate of drug-likeness (QED) is 0.743. The summed E-state index contributed by atoms with van der Waals surface area (Å²) in [6.45, 7) is 4.69. The standard InChI is InChI=1S/C14H18N2O/c1-3-15-13(14-16-10-11(2)17-14)9-12-7-5-4-6-8-12/h5,7-8,10H,3-4,6,9H2,1-2H3. The maximum atomic E-state index is 5.55. The van der Waals surface area contributed by atoms with Gasteiger partial charge in [-0.25, -0.2) is 4.98 Å². The van der Waals surface area contributed by atoms with Crippen LogP contribution in [0.5, 0.6) is 0 Å². The van der Waals surface area contributed by atoms with E-state index in [1.165, 1.54) is 5.57 Å². The molecule has 17 heavy (non-hydrogen) atoms. The number of oxazole rings is 1. The van der Waals surface area contributed by atoms with Crippen molar-refractivity contribution in [2.45, 2.75) is 33.1 Å². The molecule has 0 N–H and O–H groups in total. The van der Waals surface area contributed by atoms with Gasteiger partial charge in [0.15, 0.2) is 0 Å². The number of hydrogen-bond donors (Lipinski definition) is 0. The normalized spacial score (nSPS) is 16.1. The third-order valence-electron chi connectivity index (χ3n) is 2.66. The Kier molecular flexibility index (Phi) is 3.91. The predicted octanol–water partition coefficient (Wildman–Crippen LogP) is 3.46. The molecule has 0 spiro atoms. The van der Waals surface area contributed by atoms with Gasteiger partial charge in [-0.3, -0.25) is 4.99 Å². The lowest BCUT2D eigenvalue weighted by atomic mass is 10.0. The maximum absolute atomic E-state index is 5.55. The minimum absolute atomic E-state index is 0.657. The first kappa shape index (κ1) is 11.8. The van der Waals surface area contributed by atoms with Crippen LogP contribution < -0.4 is 0 Å². The molecule has 1 aromatic heterocycles. The van der Waals surface area contributed by atoms with Crippen molar-refractivity contribution < 1.29 is 4.42 Å². The zero-order chi connectivity index (χ0) is 12.1. The van der Waals surface area contributed by atoms with Crippen molar-refractivity contribution in [2.24, 2.45) is 4.99 Å². The van der Waals surface area contributed by atoms with E-state index in [9.17, 15) is 0 Å². The number of aryl methyl sites for hydroxylation is 1. The molecule has 1 aliphatic carbocycles. The molecular formula is C14H18N2O. The minimum Gasteiger partial charge on any atom is -0.440 e. The van der Waals surface area contributed by atoms with Crippen LogP contribution in [0.15, 0.2) is 39.4 Å². The van der Waals surface area contributed by atoms with E-state index in [0.29, 0.717) is 5.89 Å². The highest BCUT2D eigenvalue weighted by Gasteiger charge is 2.11. The second-order valence-corrected chi connectivity index (χ2v) is 4.13. The summed E-state index contributed by atoms with van der Waals surface area (Å²) in [4.78, 5) is 8.74. The second kappa shape index (κ2) is 5.62. The van der Waals surface area contributed by atoms with Crippen molar-refractivity contribution in [3.05, 3.63) is 41.6 Å². The Morgan fingerprint density at radius 1 is 1.47 bits per heavy atom. The Morgan fingerprint density at radius 2 is 2.35 bits per heavy atom. The average molecular weight is 230 g/mol. The highest BCUT2D eigenvalue weighted by Crippen LogP contribution is 2.17. The summed E-state index contributed by atoms with van der Waals surface area (Å²) in [7, 11) is 0. The predicted molar refractivity (Wildman–Crippen MR) is 69.4 cm³/mol. The van der Waals surface area contributed by atoms with E-state index < -0.39 is 0 Å². The van der Waals surface area contributed by atoms with Gasteiger partial charge < -0.3 is 4.42 Å². The summed E-state index contributed by atoms with van der Waals surface area (Å²) in [5.41, 5.74) is 2.25. The van der Waals surface area contributed by atoms with Crippen LogP contribution in [0.2, 0.25) is 0 Å². The fourth-order valence-electron chi connectivity index (χ4n) is 1.87. The molecule has 0 radical (unpaired) electrons. The number of aliphatic imine (C=N–C) groups is 1. The van der Waals surface area contributed by atoms with Gasteiger partial charge in [0.2, 0.25) is 5.89 Å². The number of allylic oxidation sites excluding steroid dienone is 4. The average Bonchev–Trinajstić information content (AvgIpc) is 2.77. The van der Waals surface area contributed by atoms with Crippen molar-refractivity contribution in [1.29, 1.82) is 0 Å². The molecule has 1 aliphatic rings. The second-order valence-electron chi connectivity index (χ2n) is 4.13.